The molecule has 0 bridgehead atoms. The fourth-order valence-electron chi connectivity index (χ4n) is 1.94. The number of aliphatic hydroxyl groups is 1. The van der Waals surface area contributed by atoms with Crippen molar-refractivity contribution in [3.63, 3.8) is 0 Å². The molecule has 0 aliphatic heterocycles. The van der Waals surface area contributed by atoms with Crippen LogP contribution in [-0.2, 0) is 19.0 Å². The van der Waals surface area contributed by atoms with E-state index in [0.717, 1.165) is 5.56 Å². The van der Waals surface area contributed by atoms with Gasteiger partial charge in [0.2, 0.25) is 23.1 Å². The molecule has 0 amide bonds. The van der Waals surface area contributed by atoms with Gasteiger partial charge < -0.3 is 19.3 Å². The largest absolute Gasteiger partial charge is 0.498 e. The summed E-state index contributed by atoms with van der Waals surface area (Å²) >= 11 is 0. The Labute approximate surface area is 134 Å². The van der Waals surface area contributed by atoms with Crippen LogP contribution < -0.4 is 0 Å². The Kier molecular flexibility index (Phi) is 5.65. The smallest absolute Gasteiger partial charge is 0.237 e. The van der Waals surface area contributed by atoms with Crippen LogP contribution in [0.1, 0.15) is 5.56 Å². The molecule has 0 radical (unpaired) electrons. The molecule has 0 heterocycles. The van der Waals surface area contributed by atoms with Gasteiger partial charge in [0.25, 0.3) is 0 Å². The van der Waals surface area contributed by atoms with Crippen LogP contribution in [0.25, 0.3) is 0 Å². The number of aliphatic hydroxyl groups excluding tert-OH is 1. The predicted octanol–water partition coefficient (Wildman–Crippen LogP) is 2.11. The summed E-state index contributed by atoms with van der Waals surface area (Å²) in [7, 11) is 2.66. The summed E-state index contributed by atoms with van der Waals surface area (Å²) in [5.41, 5.74) is 3.58. The molecule has 118 valence electrons. The highest BCUT2D eigenvalue weighted by atomic mass is 16.5. The van der Waals surface area contributed by atoms with Gasteiger partial charge in [-0.05, 0) is 12.1 Å². The van der Waals surface area contributed by atoms with Gasteiger partial charge in [-0.25, -0.2) is 0 Å². The molecule has 0 aromatic heterocycles. The number of carbonyl (C=O) groups excluding carboxylic acids is 1. The third-order valence-corrected chi connectivity index (χ3v) is 3.01. The molecule has 1 aromatic rings. The molecule has 2 rings (SSSR count). The van der Waals surface area contributed by atoms with Crippen molar-refractivity contribution >= 4 is 5.78 Å². The van der Waals surface area contributed by atoms with E-state index in [2.05, 4.69) is 17.6 Å². The summed E-state index contributed by atoms with van der Waals surface area (Å²) in [6.45, 7) is 0.119. The van der Waals surface area contributed by atoms with E-state index in [1.165, 1.54) is 14.2 Å². The summed E-state index contributed by atoms with van der Waals surface area (Å²) in [5.74, 6) is 4.96. The van der Waals surface area contributed by atoms with Crippen molar-refractivity contribution in [3.8, 4) is 11.8 Å². The second kappa shape index (κ2) is 7.90. The number of carbonyl (C=O) groups is 1. The number of allylic oxidation sites excluding steroid dienone is 1. The minimum atomic E-state index is -0.432. The summed E-state index contributed by atoms with van der Waals surface area (Å²) in [4.78, 5) is 12.2. The van der Waals surface area contributed by atoms with E-state index in [-0.39, 0.29) is 36.1 Å². The fourth-order valence-corrected chi connectivity index (χ4v) is 1.94. The molecule has 1 aliphatic rings. The first-order chi connectivity index (χ1) is 11.2. The molecule has 1 aliphatic carbocycles. The summed E-state index contributed by atoms with van der Waals surface area (Å²) in [6.07, 6.45) is 0. The highest BCUT2D eigenvalue weighted by Crippen LogP contribution is 2.22. The second-order valence-corrected chi connectivity index (χ2v) is 4.51. The first-order valence-electron chi connectivity index (χ1n) is 6.85. The zero-order chi connectivity index (χ0) is 16.7. The molecule has 0 saturated heterocycles. The third-order valence-electron chi connectivity index (χ3n) is 3.01. The number of hydrogen-bond acceptors (Lipinski definition) is 5. The Balaban J connectivity index is 1.98. The number of Topliss-reactive ketones (excluding diaryl/α,β-unsaturated/α-hetero) is 1. The molecule has 1 N–H and O–H groups in total. The minimum Gasteiger partial charge on any atom is -0.498 e. The lowest BCUT2D eigenvalue weighted by molar-refractivity contribution is -0.116. The molecule has 0 spiro atoms. The van der Waals surface area contributed by atoms with Crippen LogP contribution in [-0.4, -0.2) is 38.3 Å². The van der Waals surface area contributed by atoms with E-state index in [4.69, 9.17) is 14.2 Å². The van der Waals surface area contributed by atoms with Gasteiger partial charge in [-0.2, -0.15) is 0 Å². The average molecular weight is 312 g/mol. The van der Waals surface area contributed by atoms with E-state index in [0.29, 0.717) is 0 Å². The van der Waals surface area contributed by atoms with Crippen LogP contribution in [0.15, 0.2) is 58.9 Å². The quantitative estimate of drug-likeness (QED) is 0.512. The third kappa shape index (κ3) is 4.04. The Morgan fingerprint density at radius 2 is 1.83 bits per heavy atom. The number of rotatable bonds is 5. The Bertz CT molecular complexity index is 741. The van der Waals surface area contributed by atoms with Gasteiger partial charge in [-0.3, -0.25) is 4.79 Å². The summed E-state index contributed by atoms with van der Waals surface area (Å²) < 4.78 is 15.2. The number of methoxy groups -OCH3 is 2. The molecule has 0 saturated carbocycles. The van der Waals surface area contributed by atoms with Gasteiger partial charge in [-0.15, -0.1) is 0 Å². The minimum absolute atomic E-state index is 0.0315. The zero-order valence-electron chi connectivity index (χ0n) is 12.9. The lowest BCUT2D eigenvalue weighted by atomic mass is 10.1. The number of hydrogen-bond donors (Lipinski definition) is 1. The summed E-state index contributed by atoms with van der Waals surface area (Å²) in [6, 6.07) is 9.49. The lowest BCUT2D eigenvalue weighted by Gasteiger charge is -2.15. The first-order valence-corrected chi connectivity index (χ1v) is 6.85. The monoisotopic (exact) mass is 312 g/mol. The molecule has 5 nitrogen and oxygen atoms in total. The van der Waals surface area contributed by atoms with Crippen molar-refractivity contribution in [2.45, 2.75) is 0 Å². The van der Waals surface area contributed by atoms with Crippen LogP contribution in [0.5, 0.6) is 0 Å². The van der Waals surface area contributed by atoms with Crippen molar-refractivity contribution in [2.24, 2.45) is 0 Å². The standard InChI is InChI=1S/C18H16O5/c1-21-17-15(19)11-14(16(20)18(17)22-2)12-23-10-6-9-13-7-4-3-5-8-13/h3-5,7-8,19H,10,12H2,1-2H3. The normalized spacial score (nSPS) is 13.7. The molecular weight excluding hydrogens is 296 g/mol. The number of ketones is 1. The highest BCUT2D eigenvalue weighted by Gasteiger charge is 2.28. The van der Waals surface area contributed by atoms with Gasteiger partial charge in [0.15, 0.2) is 0 Å². The predicted molar refractivity (Wildman–Crippen MR) is 83.4 cm³/mol. The van der Waals surface area contributed by atoms with Crippen molar-refractivity contribution in [3.05, 3.63) is 64.5 Å². The van der Waals surface area contributed by atoms with E-state index in [9.17, 15) is 9.90 Å². The number of ether oxygens (including phenoxy) is 3. The molecule has 0 fully saturated rings. The van der Waals surface area contributed by atoms with Crippen LogP contribution in [0.4, 0.5) is 0 Å². The zero-order valence-corrected chi connectivity index (χ0v) is 12.9. The van der Waals surface area contributed by atoms with Crippen molar-refractivity contribution < 1.29 is 24.1 Å². The van der Waals surface area contributed by atoms with E-state index >= 15 is 0 Å². The molecule has 0 atom stereocenters. The van der Waals surface area contributed by atoms with Crippen LogP contribution in [0, 0.1) is 11.8 Å². The topological polar surface area (TPSA) is 65.0 Å². The van der Waals surface area contributed by atoms with Gasteiger partial charge in [0, 0.05) is 5.56 Å². The Morgan fingerprint density at radius 3 is 2.48 bits per heavy atom. The van der Waals surface area contributed by atoms with E-state index in [1.54, 1.807) is 0 Å². The number of benzene rings is 1. The molecule has 1 aromatic carbocycles. The van der Waals surface area contributed by atoms with Crippen molar-refractivity contribution in [2.75, 3.05) is 27.4 Å². The maximum atomic E-state index is 12.2. The van der Waals surface area contributed by atoms with E-state index in [1.807, 2.05) is 30.3 Å². The SMILES string of the molecule is COC1=C(OC)C(O)=C=C(COCC#Cc2ccccc2)C1=O. The molecule has 23 heavy (non-hydrogen) atoms. The van der Waals surface area contributed by atoms with Gasteiger partial charge in [0.1, 0.15) is 6.61 Å². The van der Waals surface area contributed by atoms with E-state index < -0.39 is 5.78 Å². The molecule has 0 unspecified atom stereocenters. The maximum absolute atomic E-state index is 12.2. The average Bonchev–Trinajstić information content (AvgIpc) is 2.57. The van der Waals surface area contributed by atoms with Crippen molar-refractivity contribution in [1.82, 2.24) is 0 Å². The van der Waals surface area contributed by atoms with Gasteiger partial charge in [0.05, 0.1) is 26.4 Å². The first kappa shape index (κ1) is 16.4. The van der Waals surface area contributed by atoms with Gasteiger partial charge in [-0.1, -0.05) is 35.8 Å². The van der Waals surface area contributed by atoms with Gasteiger partial charge >= 0.3 is 0 Å². The molecule has 5 heteroatoms. The van der Waals surface area contributed by atoms with Crippen LogP contribution in [0.3, 0.4) is 0 Å². The lowest BCUT2D eigenvalue weighted by Crippen LogP contribution is -2.19. The Hall–Kier alpha value is -2.93. The molecular formula is C18H16O5. The van der Waals surface area contributed by atoms with Crippen molar-refractivity contribution in [1.29, 1.82) is 0 Å². The Morgan fingerprint density at radius 1 is 1.13 bits per heavy atom. The second-order valence-electron chi connectivity index (χ2n) is 4.51. The highest BCUT2D eigenvalue weighted by molar-refractivity contribution is 6.08. The fraction of sp³-hybridized carbons (Fsp3) is 0.222. The van der Waals surface area contributed by atoms with Crippen LogP contribution >= 0.6 is 0 Å². The van der Waals surface area contributed by atoms with Crippen LogP contribution in [0.2, 0.25) is 0 Å². The summed E-state index contributed by atoms with van der Waals surface area (Å²) in [5, 5.41) is 9.80. The maximum Gasteiger partial charge on any atom is 0.237 e.